The Hall–Kier alpha value is -1.18. The molecule has 0 bridgehead atoms. The smallest absolute Gasteiger partial charge is 0.157 e. The third kappa shape index (κ3) is 2.79. The van der Waals surface area contributed by atoms with Gasteiger partial charge in [-0.25, -0.2) is 15.0 Å². The number of halogens is 1. The van der Waals surface area contributed by atoms with Gasteiger partial charge in [0.2, 0.25) is 0 Å². The molecule has 7 heteroatoms. The van der Waals surface area contributed by atoms with Crippen molar-refractivity contribution in [3.05, 3.63) is 35.1 Å². The van der Waals surface area contributed by atoms with Crippen molar-refractivity contribution in [1.82, 2.24) is 15.0 Å². The molecule has 4 nitrogen and oxygen atoms in total. The number of aromatic nitrogens is 3. The van der Waals surface area contributed by atoms with E-state index in [1.54, 1.807) is 29.4 Å². The van der Waals surface area contributed by atoms with Gasteiger partial charge in [-0.15, -0.1) is 11.3 Å². The van der Waals surface area contributed by atoms with Gasteiger partial charge in [0.15, 0.2) is 4.34 Å². The summed E-state index contributed by atoms with van der Waals surface area (Å²) in [6.45, 7) is 2.86. The minimum atomic E-state index is 0.811. The highest BCUT2D eigenvalue weighted by Crippen LogP contribution is 2.38. The Bertz CT molecular complexity index is 711. The van der Waals surface area contributed by atoms with Gasteiger partial charge >= 0.3 is 0 Å². The predicted octanol–water partition coefficient (Wildman–Crippen LogP) is 4.43. The van der Waals surface area contributed by atoms with E-state index in [1.165, 1.54) is 4.70 Å². The van der Waals surface area contributed by atoms with Crippen LogP contribution in [-0.4, -0.2) is 21.5 Å². The van der Waals surface area contributed by atoms with Crippen LogP contribution in [0.4, 0.5) is 5.82 Å². The molecule has 3 aromatic rings. The lowest BCUT2D eigenvalue weighted by molar-refractivity contribution is 1.01. The topological polar surface area (TPSA) is 50.7 Å². The molecule has 0 aliphatic carbocycles. The SMILES string of the molecule is CCNc1ncnc(Sc2nc3ccccc3s2)c1Br. The fourth-order valence-electron chi connectivity index (χ4n) is 1.69. The maximum atomic E-state index is 4.60. The van der Waals surface area contributed by atoms with Crippen LogP contribution in [0, 0.1) is 0 Å². The third-order valence-electron chi connectivity index (χ3n) is 2.56. The van der Waals surface area contributed by atoms with Crippen LogP contribution < -0.4 is 5.32 Å². The van der Waals surface area contributed by atoms with E-state index in [0.29, 0.717) is 0 Å². The molecule has 3 rings (SSSR count). The molecule has 2 aromatic heterocycles. The van der Waals surface area contributed by atoms with E-state index in [1.807, 2.05) is 25.1 Å². The van der Waals surface area contributed by atoms with Crippen molar-refractivity contribution in [1.29, 1.82) is 0 Å². The Balaban J connectivity index is 1.92. The Labute approximate surface area is 133 Å². The van der Waals surface area contributed by atoms with Gasteiger partial charge in [0.05, 0.1) is 14.7 Å². The van der Waals surface area contributed by atoms with Crippen LogP contribution in [-0.2, 0) is 0 Å². The fraction of sp³-hybridized carbons (Fsp3) is 0.154. The van der Waals surface area contributed by atoms with Crippen molar-refractivity contribution >= 4 is 55.1 Å². The summed E-state index contributed by atoms with van der Waals surface area (Å²) in [5.41, 5.74) is 1.03. The highest BCUT2D eigenvalue weighted by molar-refractivity contribution is 9.10. The van der Waals surface area contributed by atoms with Gasteiger partial charge in [-0.2, -0.15) is 0 Å². The van der Waals surface area contributed by atoms with Crippen LogP contribution in [0.2, 0.25) is 0 Å². The number of anilines is 1. The van der Waals surface area contributed by atoms with E-state index in [2.05, 4.69) is 42.3 Å². The standard InChI is InChI=1S/C13H11BrN4S2/c1-2-15-11-10(14)12(17-7-16-11)20-13-18-8-5-3-4-6-9(8)19-13/h3-7H,2H2,1H3,(H,15,16,17). The van der Waals surface area contributed by atoms with Crippen molar-refractivity contribution in [2.45, 2.75) is 16.3 Å². The molecular weight excluding hydrogens is 356 g/mol. The minimum absolute atomic E-state index is 0.811. The molecule has 0 aliphatic heterocycles. The molecule has 1 N–H and O–H groups in total. The van der Waals surface area contributed by atoms with Crippen molar-refractivity contribution < 1.29 is 0 Å². The van der Waals surface area contributed by atoms with E-state index in [9.17, 15) is 0 Å². The zero-order valence-corrected chi connectivity index (χ0v) is 13.8. The second-order valence-electron chi connectivity index (χ2n) is 3.92. The van der Waals surface area contributed by atoms with E-state index in [-0.39, 0.29) is 0 Å². The molecule has 0 radical (unpaired) electrons. The van der Waals surface area contributed by atoms with Crippen LogP contribution in [0.15, 0.2) is 44.4 Å². The summed E-state index contributed by atoms with van der Waals surface area (Å²) < 4.78 is 3.05. The second kappa shape index (κ2) is 6.07. The lowest BCUT2D eigenvalue weighted by atomic mass is 10.3. The number of rotatable bonds is 4. The zero-order chi connectivity index (χ0) is 13.9. The van der Waals surface area contributed by atoms with Crippen molar-refractivity contribution in [2.75, 3.05) is 11.9 Å². The number of fused-ring (bicyclic) bond motifs is 1. The number of nitrogens with one attached hydrogen (secondary N) is 1. The molecular formula is C13H11BrN4S2. The average molecular weight is 367 g/mol. The monoisotopic (exact) mass is 366 g/mol. The summed E-state index contributed by atoms with van der Waals surface area (Å²) in [5.74, 6) is 0.811. The van der Waals surface area contributed by atoms with Crippen molar-refractivity contribution in [3.8, 4) is 0 Å². The number of hydrogen-bond donors (Lipinski definition) is 1. The lowest BCUT2D eigenvalue weighted by Gasteiger charge is -2.06. The minimum Gasteiger partial charge on any atom is -0.369 e. The summed E-state index contributed by atoms with van der Waals surface area (Å²) in [7, 11) is 0. The first-order valence-electron chi connectivity index (χ1n) is 6.05. The molecule has 2 heterocycles. The Morgan fingerprint density at radius 1 is 1.30 bits per heavy atom. The van der Waals surface area contributed by atoms with E-state index in [4.69, 9.17) is 0 Å². The van der Waals surface area contributed by atoms with Gasteiger partial charge < -0.3 is 5.32 Å². The molecule has 102 valence electrons. The van der Waals surface area contributed by atoms with Gasteiger partial charge in [0.25, 0.3) is 0 Å². The number of para-hydroxylation sites is 1. The molecule has 1 aromatic carbocycles. The van der Waals surface area contributed by atoms with Gasteiger partial charge in [0.1, 0.15) is 17.2 Å². The number of benzene rings is 1. The number of hydrogen-bond acceptors (Lipinski definition) is 6. The normalized spacial score (nSPS) is 10.9. The van der Waals surface area contributed by atoms with E-state index < -0.39 is 0 Å². The Morgan fingerprint density at radius 2 is 2.15 bits per heavy atom. The summed E-state index contributed by atoms with van der Waals surface area (Å²) in [6, 6.07) is 8.13. The molecule has 0 unspecified atom stereocenters. The van der Waals surface area contributed by atoms with Crippen LogP contribution in [0.3, 0.4) is 0 Å². The summed E-state index contributed by atoms with van der Waals surface area (Å²) in [4.78, 5) is 13.1. The highest BCUT2D eigenvalue weighted by atomic mass is 79.9. The van der Waals surface area contributed by atoms with Gasteiger partial charge in [0, 0.05) is 6.54 Å². The van der Waals surface area contributed by atoms with Crippen LogP contribution in [0.1, 0.15) is 6.92 Å². The first-order chi connectivity index (χ1) is 9.78. The van der Waals surface area contributed by atoms with Gasteiger partial charge in [-0.3, -0.25) is 0 Å². The first-order valence-corrected chi connectivity index (χ1v) is 8.48. The zero-order valence-electron chi connectivity index (χ0n) is 10.6. The molecule has 0 saturated heterocycles. The average Bonchev–Trinajstić information content (AvgIpc) is 2.86. The predicted molar refractivity (Wildman–Crippen MR) is 87.6 cm³/mol. The van der Waals surface area contributed by atoms with E-state index in [0.717, 1.165) is 31.7 Å². The number of thiazole rings is 1. The molecule has 0 saturated carbocycles. The molecule has 0 amide bonds. The third-order valence-corrected chi connectivity index (χ3v) is 5.67. The maximum Gasteiger partial charge on any atom is 0.157 e. The fourth-order valence-corrected chi connectivity index (χ4v) is 4.25. The van der Waals surface area contributed by atoms with Crippen molar-refractivity contribution in [3.63, 3.8) is 0 Å². The quantitative estimate of drug-likeness (QED) is 0.692. The van der Waals surface area contributed by atoms with E-state index >= 15 is 0 Å². The van der Waals surface area contributed by atoms with Gasteiger partial charge in [-0.1, -0.05) is 12.1 Å². The van der Waals surface area contributed by atoms with Crippen LogP contribution in [0.25, 0.3) is 10.2 Å². The molecule has 0 aliphatic rings. The first kappa shape index (κ1) is 13.8. The van der Waals surface area contributed by atoms with Crippen LogP contribution >= 0.6 is 39.0 Å². The molecule has 0 fully saturated rings. The number of nitrogens with zero attached hydrogens (tertiary/aromatic N) is 3. The Morgan fingerprint density at radius 3 is 2.95 bits per heavy atom. The van der Waals surface area contributed by atoms with Gasteiger partial charge in [-0.05, 0) is 46.7 Å². The second-order valence-corrected chi connectivity index (χ2v) is 6.98. The summed E-state index contributed by atoms with van der Waals surface area (Å²) in [6.07, 6.45) is 1.57. The Kier molecular flexibility index (Phi) is 4.18. The molecule has 20 heavy (non-hydrogen) atoms. The summed E-state index contributed by atoms with van der Waals surface area (Å²) in [5, 5.41) is 4.07. The maximum absolute atomic E-state index is 4.60. The lowest BCUT2D eigenvalue weighted by Crippen LogP contribution is -2.01. The highest BCUT2D eigenvalue weighted by Gasteiger charge is 2.12. The van der Waals surface area contributed by atoms with Crippen molar-refractivity contribution in [2.24, 2.45) is 0 Å². The molecule has 0 atom stereocenters. The van der Waals surface area contributed by atoms with Crippen LogP contribution in [0.5, 0.6) is 0 Å². The summed E-state index contributed by atoms with van der Waals surface area (Å²) >= 11 is 6.77. The molecule has 0 spiro atoms. The largest absolute Gasteiger partial charge is 0.369 e.